The summed E-state index contributed by atoms with van der Waals surface area (Å²) in [5.74, 6) is 0.0920. The number of aryl methyl sites for hydroxylation is 1. The van der Waals surface area contributed by atoms with Crippen LogP contribution in [0.4, 0.5) is 0 Å². The van der Waals surface area contributed by atoms with E-state index in [1.807, 2.05) is 13.0 Å². The SMILES string of the molecule is CC(=O)c1sc(Cl)cc1C. The maximum absolute atomic E-state index is 10.8. The van der Waals surface area contributed by atoms with Gasteiger partial charge in [-0.1, -0.05) is 11.6 Å². The molecule has 3 heteroatoms. The van der Waals surface area contributed by atoms with Crippen LogP contribution in [0.5, 0.6) is 0 Å². The highest BCUT2D eigenvalue weighted by Crippen LogP contribution is 2.26. The zero-order valence-corrected chi connectivity index (χ0v) is 7.34. The van der Waals surface area contributed by atoms with Crippen molar-refractivity contribution in [2.75, 3.05) is 0 Å². The minimum Gasteiger partial charge on any atom is -0.294 e. The highest BCUT2D eigenvalue weighted by atomic mass is 35.5. The van der Waals surface area contributed by atoms with Gasteiger partial charge in [0.15, 0.2) is 5.78 Å². The first-order chi connectivity index (χ1) is 4.61. The fourth-order valence-electron chi connectivity index (χ4n) is 0.793. The Morgan fingerprint density at radius 1 is 1.70 bits per heavy atom. The number of carbonyl (C=O) groups is 1. The molecule has 1 nitrogen and oxygen atoms in total. The topological polar surface area (TPSA) is 17.1 Å². The molecule has 0 spiro atoms. The molecule has 1 heterocycles. The van der Waals surface area contributed by atoms with Gasteiger partial charge in [-0.25, -0.2) is 0 Å². The largest absolute Gasteiger partial charge is 0.294 e. The van der Waals surface area contributed by atoms with Crippen molar-refractivity contribution >= 4 is 28.7 Å². The smallest absolute Gasteiger partial charge is 0.170 e. The molecule has 0 amide bonds. The summed E-state index contributed by atoms with van der Waals surface area (Å²) in [6.07, 6.45) is 0. The van der Waals surface area contributed by atoms with Crippen molar-refractivity contribution in [3.63, 3.8) is 0 Å². The third-order valence-electron chi connectivity index (χ3n) is 1.21. The lowest BCUT2D eigenvalue weighted by Crippen LogP contribution is -1.87. The molecule has 0 atom stereocenters. The molecule has 0 aliphatic heterocycles. The summed E-state index contributed by atoms with van der Waals surface area (Å²) in [7, 11) is 0. The second kappa shape index (κ2) is 2.72. The van der Waals surface area contributed by atoms with Crippen LogP contribution in [0.2, 0.25) is 4.34 Å². The predicted octanol–water partition coefficient (Wildman–Crippen LogP) is 2.91. The predicted molar refractivity (Wildman–Crippen MR) is 44.1 cm³/mol. The number of ketones is 1. The number of hydrogen-bond acceptors (Lipinski definition) is 2. The zero-order valence-electron chi connectivity index (χ0n) is 5.77. The number of rotatable bonds is 1. The number of thiophene rings is 1. The molecule has 0 aliphatic rings. The maximum atomic E-state index is 10.8. The Morgan fingerprint density at radius 3 is 2.50 bits per heavy atom. The van der Waals surface area contributed by atoms with E-state index in [4.69, 9.17) is 11.6 Å². The summed E-state index contributed by atoms with van der Waals surface area (Å²) < 4.78 is 0.683. The van der Waals surface area contributed by atoms with Crippen molar-refractivity contribution in [3.05, 3.63) is 20.8 Å². The van der Waals surface area contributed by atoms with Crippen molar-refractivity contribution in [2.45, 2.75) is 13.8 Å². The molecule has 0 aromatic carbocycles. The van der Waals surface area contributed by atoms with Gasteiger partial charge in [0.05, 0.1) is 9.21 Å². The fraction of sp³-hybridized carbons (Fsp3) is 0.286. The van der Waals surface area contributed by atoms with Crippen molar-refractivity contribution < 1.29 is 4.79 Å². The van der Waals surface area contributed by atoms with Crippen LogP contribution < -0.4 is 0 Å². The van der Waals surface area contributed by atoms with Crippen molar-refractivity contribution in [3.8, 4) is 0 Å². The summed E-state index contributed by atoms with van der Waals surface area (Å²) in [6.45, 7) is 3.44. The van der Waals surface area contributed by atoms with Gasteiger partial charge >= 0.3 is 0 Å². The van der Waals surface area contributed by atoms with Gasteiger partial charge in [0.1, 0.15) is 0 Å². The average Bonchev–Trinajstić information content (AvgIpc) is 2.10. The van der Waals surface area contributed by atoms with Crippen molar-refractivity contribution in [2.24, 2.45) is 0 Å². The van der Waals surface area contributed by atoms with E-state index in [2.05, 4.69) is 0 Å². The van der Waals surface area contributed by atoms with E-state index in [1.54, 1.807) is 6.92 Å². The molecule has 0 N–H and O–H groups in total. The van der Waals surface area contributed by atoms with Gasteiger partial charge in [0.25, 0.3) is 0 Å². The van der Waals surface area contributed by atoms with E-state index >= 15 is 0 Å². The molecule has 0 radical (unpaired) electrons. The normalized spacial score (nSPS) is 9.90. The molecule has 54 valence electrons. The minimum absolute atomic E-state index is 0.0920. The fourth-order valence-corrected chi connectivity index (χ4v) is 1.98. The van der Waals surface area contributed by atoms with Crippen LogP contribution in [0.25, 0.3) is 0 Å². The van der Waals surface area contributed by atoms with E-state index in [0.29, 0.717) is 4.34 Å². The Bertz CT molecular complexity index is 265. The van der Waals surface area contributed by atoms with Crippen LogP contribution in [0.3, 0.4) is 0 Å². The Labute approximate surface area is 68.6 Å². The summed E-state index contributed by atoms with van der Waals surface area (Å²) in [5.41, 5.74) is 0.975. The molecule has 10 heavy (non-hydrogen) atoms. The molecule has 1 rings (SSSR count). The van der Waals surface area contributed by atoms with Gasteiger partial charge in [0.2, 0.25) is 0 Å². The zero-order chi connectivity index (χ0) is 7.72. The van der Waals surface area contributed by atoms with Crippen LogP contribution in [0, 0.1) is 6.92 Å². The summed E-state index contributed by atoms with van der Waals surface area (Å²) in [5, 5.41) is 0. The quantitative estimate of drug-likeness (QED) is 0.599. The number of carbonyl (C=O) groups excluding carboxylic acids is 1. The Balaban J connectivity index is 3.15. The van der Waals surface area contributed by atoms with Crippen molar-refractivity contribution in [1.82, 2.24) is 0 Å². The number of halogens is 1. The lowest BCUT2D eigenvalue weighted by atomic mass is 10.2. The second-order valence-corrected chi connectivity index (χ2v) is 3.80. The molecule has 0 bridgehead atoms. The van der Waals surface area contributed by atoms with Crippen LogP contribution in [0.15, 0.2) is 6.07 Å². The lowest BCUT2D eigenvalue weighted by Gasteiger charge is -1.87. The van der Waals surface area contributed by atoms with Gasteiger partial charge in [-0.15, -0.1) is 11.3 Å². The van der Waals surface area contributed by atoms with Crippen LogP contribution in [0.1, 0.15) is 22.2 Å². The van der Waals surface area contributed by atoms with E-state index in [9.17, 15) is 4.79 Å². The molecule has 0 saturated carbocycles. The molecule has 0 unspecified atom stereocenters. The average molecular weight is 175 g/mol. The summed E-state index contributed by atoms with van der Waals surface area (Å²) in [4.78, 5) is 11.6. The van der Waals surface area contributed by atoms with E-state index in [1.165, 1.54) is 11.3 Å². The first kappa shape index (κ1) is 7.76. The highest BCUT2D eigenvalue weighted by Gasteiger charge is 2.07. The molecule has 1 aromatic heterocycles. The van der Waals surface area contributed by atoms with Gasteiger partial charge < -0.3 is 0 Å². The maximum Gasteiger partial charge on any atom is 0.170 e. The van der Waals surface area contributed by atoms with Crippen LogP contribution in [-0.2, 0) is 0 Å². The lowest BCUT2D eigenvalue weighted by molar-refractivity contribution is 0.102. The minimum atomic E-state index is 0.0920. The monoisotopic (exact) mass is 174 g/mol. The molecule has 0 fully saturated rings. The molecular formula is C7H7ClOS. The Morgan fingerprint density at radius 2 is 2.30 bits per heavy atom. The molecule has 0 aliphatic carbocycles. The molecule has 0 saturated heterocycles. The third kappa shape index (κ3) is 1.39. The van der Waals surface area contributed by atoms with Crippen LogP contribution >= 0.6 is 22.9 Å². The molecular weight excluding hydrogens is 168 g/mol. The third-order valence-corrected chi connectivity index (χ3v) is 2.67. The molecule has 1 aromatic rings. The van der Waals surface area contributed by atoms with Crippen molar-refractivity contribution in [1.29, 1.82) is 0 Å². The van der Waals surface area contributed by atoms with Crippen LogP contribution in [-0.4, -0.2) is 5.78 Å². The summed E-state index contributed by atoms with van der Waals surface area (Å²) in [6, 6.07) is 1.81. The Hall–Kier alpha value is -0.340. The first-order valence-electron chi connectivity index (χ1n) is 2.88. The number of Topliss-reactive ketones (excluding diaryl/α,β-unsaturated/α-hetero) is 1. The second-order valence-electron chi connectivity index (χ2n) is 2.12. The van der Waals surface area contributed by atoms with Gasteiger partial charge in [-0.05, 0) is 25.5 Å². The van der Waals surface area contributed by atoms with E-state index in [-0.39, 0.29) is 5.78 Å². The Kier molecular flexibility index (Phi) is 2.11. The van der Waals surface area contributed by atoms with Gasteiger partial charge in [-0.2, -0.15) is 0 Å². The van der Waals surface area contributed by atoms with E-state index < -0.39 is 0 Å². The number of hydrogen-bond donors (Lipinski definition) is 0. The summed E-state index contributed by atoms with van der Waals surface area (Å²) >= 11 is 7.01. The first-order valence-corrected chi connectivity index (χ1v) is 4.07. The van der Waals surface area contributed by atoms with E-state index in [0.717, 1.165) is 10.4 Å². The standard InChI is InChI=1S/C7H7ClOS/c1-4-3-6(8)10-7(4)5(2)9/h3H,1-2H3. The van der Waals surface area contributed by atoms with Gasteiger partial charge in [-0.3, -0.25) is 4.79 Å². The highest BCUT2D eigenvalue weighted by molar-refractivity contribution is 7.18. The van der Waals surface area contributed by atoms with Gasteiger partial charge in [0, 0.05) is 0 Å².